The first-order valence-electron chi connectivity index (χ1n) is 9.84. The zero-order valence-electron chi connectivity index (χ0n) is 17.5. The lowest BCUT2D eigenvalue weighted by Crippen LogP contribution is -2.31. The quantitative estimate of drug-likeness (QED) is 0.280. The van der Waals surface area contributed by atoms with E-state index in [2.05, 4.69) is 5.32 Å². The van der Waals surface area contributed by atoms with E-state index in [1.807, 2.05) is 60.7 Å². The van der Waals surface area contributed by atoms with E-state index < -0.39 is 23.6 Å². The van der Waals surface area contributed by atoms with E-state index in [1.165, 1.54) is 6.92 Å². The summed E-state index contributed by atoms with van der Waals surface area (Å²) in [7, 11) is 0. The summed E-state index contributed by atoms with van der Waals surface area (Å²) in [5.74, 6) is -2.65. The number of nitrogens with one attached hydrogen (secondary N) is 1. The van der Waals surface area contributed by atoms with Crippen LogP contribution in [0, 0.1) is 5.92 Å². The summed E-state index contributed by atoms with van der Waals surface area (Å²) >= 11 is 0. The van der Waals surface area contributed by atoms with Crippen molar-refractivity contribution in [2.45, 2.75) is 33.9 Å². The maximum atomic E-state index is 12.7. The summed E-state index contributed by atoms with van der Waals surface area (Å²) < 4.78 is 10.5. The minimum atomic E-state index is -0.860. The van der Waals surface area contributed by atoms with Gasteiger partial charge in [0.2, 0.25) is 0 Å². The highest BCUT2D eigenvalue weighted by Gasteiger charge is 2.29. The van der Waals surface area contributed by atoms with Crippen molar-refractivity contribution in [2.75, 3.05) is 6.61 Å². The molecule has 2 rings (SSSR count). The maximum absolute atomic E-state index is 12.7. The second-order valence-corrected chi connectivity index (χ2v) is 6.72. The fraction of sp³-hybridized carbons (Fsp3) is 0.292. The third kappa shape index (κ3) is 6.58. The van der Waals surface area contributed by atoms with Gasteiger partial charge in [0.1, 0.15) is 12.2 Å². The van der Waals surface area contributed by atoms with Gasteiger partial charge in [-0.25, -0.2) is 4.79 Å². The van der Waals surface area contributed by atoms with Gasteiger partial charge in [-0.3, -0.25) is 9.59 Å². The molecule has 0 saturated heterocycles. The Labute approximate surface area is 176 Å². The van der Waals surface area contributed by atoms with E-state index in [-0.39, 0.29) is 24.5 Å². The van der Waals surface area contributed by atoms with Crippen LogP contribution in [0.4, 0.5) is 0 Å². The summed E-state index contributed by atoms with van der Waals surface area (Å²) in [6.45, 7) is 5.09. The SMILES string of the molecule is CCOC(=O)/C(C(C)=O)=C(\NCc1ccccc1)C(C)C(=O)OCc1ccccc1. The fourth-order valence-electron chi connectivity index (χ4n) is 2.87. The van der Waals surface area contributed by atoms with Gasteiger partial charge in [-0.15, -0.1) is 0 Å². The summed E-state index contributed by atoms with van der Waals surface area (Å²) in [6, 6.07) is 18.8. The number of carbonyl (C=O) groups is 3. The van der Waals surface area contributed by atoms with Gasteiger partial charge in [0.05, 0.1) is 12.5 Å². The average Bonchev–Trinajstić information content (AvgIpc) is 2.75. The molecule has 2 aromatic rings. The predicted molar refractivity (Wildman–Crippen MR) is 113 cm³/mol. The van der Waals surface area contributed by atoms with Gasteiger partial charge in [0, 0.05) is 12.2 Å². The Kier molecular flexibility index (Phi) is 8.81. The Morgan fingerprint density at radius 3 is 2.00 bits per heavy atom. The molecule has 1 N–H and O–H groups in total. The van der Waals surface area contributed by atoms with E-state index in [0.29, 0.717) is 6.54 Å². The first kappa shape index (κ1) is 22.9. The molecule has 0 radical (unpaired) electrons. The van der Waals surface area contributed by atoms with E-state index in [4.69, 9.17) is 9.47 Å². The summed E-state index contributed by atoms with van der Waals surface area (Å²) in [5.41, 5.74) is 1.81. The molecular weight excluding hydrogens is 382 g/mol. The molecule has 1 unspecified atom stereocenters. The van der Waals surface area contributed by atoms with Gasteiger partial charge in [0.25, 0.3) is 0 Å². The van der Waals surface area contributed by atoms with Crippen LogP contribution in [-0.2, 0) is 37.0 Å². The summed E-state index contributed by atoms with van der Waals surface area (Å²) in [5, 5.41) is 3.09. The molecule has 30 heavy (non-hydrogen) atoms. The molecule has 158 valence electrons. The van der Waals surface area contributed by atoms with Crippen molar-refractivity contribution in [3.63, 3.8) is 0 Å². The first-order chi connectivity index (χ1) is 14.4. The Balaban J connectivity index is 2.27. The number of rotatable bonds is 10. The fourth-order valence-corrected chi connectivity index (χ4v) is 2.87. The monoisotopic (exact) mass is 409 g/mol. The van der Waals surface area contributed by atoms with E-state index in [9.17, 15) is 14.4 Å². The number of hydrogen-bond donors (Lipinski definition) is 1. The van der Waals surface area contributed by atoms with Crippen LogP contribution in [0.25, 0.3) is 0 Å². The Hall–Kier alpha value is -3.41. The van der Waals surface area contributed by atoms with Gasteiger partial charge >= 0.3 is 11.9 Å². The van der Waals surface area contributed by atoms with Crippen molar-refractivity contribution in [2.24, 2.45) is 5.92 Å². The molecule has 6 heteroatoms. The zero-order chi connectivity index (χ0) is 21.9. The van der Waals surface area contributed by atoms with Crippen molar-refractivity contribution in [1.29, 1.82) is 0 Å². The van der Waals surface area contributed by atoms with Gasteiger partial charge in [-0.05, 0) is 31.9 Å². The van der Waals surface area contributed by atoms with Gasteiger partial charge in [-0.2, -0.15) is 0 Å². The highest BCUT2D eigenvalue weighted by molar-refractivity contribution is 6.17. The molecule has 0 saturated carbocycles. The molecule has 0 aromatic heterocycles. The van der Waals surface area contributed by atoms with Crippen molar-refractivity contribution < 1.29 is 23.9 Å². The second-order valence-electron chi connectivity index (χ2n) is 6.72. The maximum Gasteiger partial charge on any atom is 0.343 e. The van der Waals surface area contributed by atoms with Crippen LogP contribution in [0.1, 0.15) is 31.9 Å². The molecule has 0 amide bonds. The predicted octanol–water partition coefficient (Wildman–Crippen LogP) is 3.56. The third-order valence-corrected chi connectivity index (χ3v) is 4.44. The minimum Gasteiger partial charge on any atom is -0.462 e. The molecule has 1 atom stereocenters. The van der Waals surface area contributed by atoms with Crippen LogP contribution >= 0.6 is 0 Å². The van der Waals surface area contributed by atoms with Crippen LogP contribution in [0.2, 0.25) is 0 Å². The molecule has 0 spiro atoms. The van der Waals surface area contributed by atoms with E-state index in [1.54, 1.807) is 13.8 Å². The number of hydrogen-bond acceptors (Lipinski definition) is 6. The number of benzene rings is 2. The van der Waals surface area contributed by atoms with Crippen molar-refractivity contribution in [1.82, 2.24) is 5.32 Å². The second kappa shape index (κ2) is 11.6. The van der Waals surface area contributed by atoms with Crippen molar-refractivity contribution >= 4 is 17.7 Å². The van der Waals surface area contributed by atoms with Gasteiger partial charge < -0.3 is 14.8 Å². The first-order valence-corrected chi connectivity index (χ1v) is 9.84. The van der Waals surface area contributed by atoms with Crippen molar-refractivity contribution in [3.8, 4) is 0 Å². The molecule has 0 aliphatic carbocycles. The highest BCUT2D eigenvalue weighted by atomic mass is 16.5. The number of esters is 2. The van der Waals surface area contributed by atoms with Crippen LogP contribution in [0.3, 0.4) is 0 Å². The van der Waals surface area contributed by atoms with Crippen LogP contribution in [0.5, 0.6) is 0 Å². The molecule has 0 fully saturated rings. The molecule has 6 nitrogen and oxygen atoms in total. The normalized spacial score (nSPS) is 12.4. The Bertz CT molecular complexity index is 890. The lowest BCUT2D eigenvalue weighted by atomic mass is 9.99. The third-order valence-electron chi connectivity index (χ3n) is 4.44. The minimum absolute atomic E-state index is 0.102. The van der Waals surface area contributed by atoms with Crippen LogP contribution < -0.4 is 5.32 Å². The number of ketones is 1. The number of Topliss-reactive ketones (excluding diaryl/α,β-unsaturated/α-hetero) is 1. The van der Waals surface area contributed by atoms with E-state index >= 15 is 0 Å². The molecule has 0 aliphatic heterocycles. The summed E-state index contributed by atoms with van der Waals surface area (Å²) in [6.07, 6.45) is 0. The molecular formula is C24H27NO5. The van der Waals surface area contributed by atoms with Gasteiger partial charge in [0.15, 0.2) is 5.78 Å². The van der Waals surface area contributed by atoms with Crippen LogP contribution in [0.15, 0.2) is 71.9 Å². The van der Waals surface area contributed by atoms with E-state index in [0.717, 1.165) is 11.1 Å². The topological polar surface area (TPSA) is 81.7 Å². The lowest BCUT2D eigenvalue weighted by molar-refractivity contribution is -0.148. The van der Waals surface area contributed by atoms with Crippen molar-refractivity contribution in [3.05, 3.63) is 83.1 Å². The number of ether oxygens (including phenoxy) is 2. The zero-order valence-corrected chi connectivity index (χ0v) is 17.5. The summed E-state index contributed by atoms with van der Waals surface area (Å²) in [4.78, 5) is 37.4. The van der Waals surface area contributed by atoms with Crippen LogP contribution in [-0.4, -0.2) is 24.3 Å². The van der Waals surface area contributed by atoms with Gasteiger partial charge in [-0.1, -0.05) is 60.7 Å². The smallest absolute Gasteiger partial charge is 0.343 e. The highest BCUT2D eigenvalue weighted by Crippen LogP contribution is 2.19. The largest absolute Gasteiger partial charge is 0.462 e. The Morgan fingerprint density at radius 1 is 0.900 bits per heavy atom. The molecule has 0 bridgehead atoms. The lowest BCUT2D eigenvalue weighted by Gasteiger charge is -2.20. The molecule has 2 aromatic carbocycles. The standard InChI is InChI=1S/C24H27NO5/c1-4-29-24(28)21(18(3)26)22(25-15-19-11-7-5-8-12-19)17(2)23(27)30-16-20-13-9-6-10-14-20/h5-14,17,25H,4,15-16H2,1-3H3/b22-21-. The molecule has 0 aliphatic rings. The number of carbonyl (C=O) groups excluding carboxylic acids is 3. The Morgan fingerprint density at radius 2 is 1.47 bits per heavy atom. The molecule has 0 heterocycles. The average molecular weight is 409 g/mol.